The second kappa shape index (κ2) is 10.3. The highest BCUT2D eigenvalue weighted by Gasteiger charge is 2.30. The van der Waals surface area contributed by atoms with Crippen LogP contribution in [0.2, 0.25) is 0 Å². The first-order valence-corrected chi connectivity index (χ1v) is 9.84. The van der Waals surface area contributed by atoms with Crippen molar-refractivity contribution in [2.24, 2.45) is 10.9 Å². The molecule has 1 unspecified atom stereocenters. The van der Waals surface area contributed by atoms with Crippen LogP contribution >= 0.6 is 0 Å². The lowest BCUT2D eigenvalue weighted by Crippen LogP contribution is -2.55. The van der Waals surface area contributed by atoms with E-state index in [4.69, 9.17) is 9.47 Å². The van der Waals surface area contributed by atoms with E-state index in [1.807, 2.05) is 7.05 Å². The molecule has 0 bridgehead atoms. The highest BCUT2D eigenvalue weighted by Crippen LogP contribution is 2.21. The average Bonchev–Trinajstić information content (AvgIpc) is 3.09. The number of hydrogen-bond acceptors (Lipinski definition) is 4. The smallest absolute Gasteiger partial charge is 0.193 e. The van der Waals surface area contributed by atoms with E-state index >= 15 is 0 Å². The van der Waals surface area contributed by atoms with Gasteiger partial charge in [-0.1, -0.05) is 6.42 Å². The molecule has 2 aliphatic heterocycles. The number of piperidine rings is 1. The maximum atomic E-state index is 5.69. The van der Waals surface area contributed by atoms with Crippen LogP contribution in [-0.4, -0.2) is 88.0 Å². The van der Waals surface area contributed by atoms with Gasteiger partial charge >= 0.3 is 0 Å². The summed E-state index contributed by atoms with van der Waals surface area (Å²) in [6, 6.07) is 0. The second-order valence-electron chi connectivity index (χ2n) is 7.93. The van der Waals surface area contributed by atoms with Crippen molar-refractivity contribution in [1.29, 1.82) is 0 Å². The molecule has 25 heavy (non-hydrogen) atoms. The summed E-state index contributed by atoms with van der Waals surface area (Å²) in [6.07, 6.45) is 5.20. The van der Waals surface area contributed by atoms with E-state index in [9.17, 15) is 0 Å². The molecular weight excluding hydrogens is 316 g/mol. The van der Waals surface area contributed by atoms with Crippen LogP contribution in [-0.2, 0) is 9.47 Å². The number of guanidine groups is 1. The van der Waals surface area contributed by atoms with Crippen LogP contribution in [0.25, 0.3) is 0 Å². The van der Waals surface area contributed by atoms with Crippen molar-refractivity contribution in [1.82, 2.24) is 15.1 Å². The summed E-state index contributed by atoms with van der Waals surface area (Å²) in [4.78, 5) is 9.50. The zero-order valence-electron chi connectivity index (χ0n) is 16.7. The van der Waals surface area contributed by atoms with Crippen LogP contribution in [0.4, 0.5) is 0 Å². The van der Waals surface area contributed by atoms with E-state index in [-0.39, 0.29) is 5.54 Å². The maximum absolute atomic E-state index is 5.69. The minimum absolute atomic E-state index is 0.165. The molecule has 2 fully saturated rings. The van der Waals surface area contributed by atoms with E-state index in [1.54, 1.807) is 7.11 Å². The predicted molar refractivity (Wildman–Crippen MR) is 103 cm³/mol. The third-order valence-corrected chi connectivity index (χ3v) is 5.47. The number of likely N-dealkylation sites (tertiary alicyclic amines) is 2. The third-order valence-electron chi connectivity index (χ3n) is 5.47. The number of nitrogens with zero attached hydrogens (tertiary/aromatic N) is 3. The largest absolute Gasteiger partial charge is 0.382 e. The molecule has 146 valence electrons. The summed E-state index contributed by atoms with van der Waals surface area (Å²) in [5.41, 5.74) is 0.165. The monoisotopic (exact) mass is 354 g/mol. The van der Waals surface area contributed by atoms with E-state index in [0.29, 0.717) is 19.1 Å². The molecule has 2 rings (SSSR count). The third kappa shape index (κ3) is 6.42. The molecule has 0 saturated carbocycles. The number of methoxy groups -OCH3 is 1. The first-order valence-electron chi connectivity index (χ1n) is 9.84. The Kier molecular flexibility index (Phi) is 8.46. The first-order chi connectivity index (χ1) is 12.1. The van der Waals surface area contributed by atoms with E-state index in [0.717, 1.165) is 32.2 Å². The van der Waals surface area contributed by atoms with Crippen LogP contribution in [0, 0.1) is 5.92 Å². The van der Waals surface area contributed by atoms with Crippen molar-refractivity contribution in [3.63, 3.8) is 0 Å². The molecule has 0 amide bonds. The van der Waals surface area contributed by atoms with Crippen molar-refractivity contribution in [3.8, 4) is 0 Å². The molecule has 0 aromatic carbocycles. The first kappa shape index (κ1) is 20.5. The molecule has 6 heteroatoms. The number of hydrogen-bond donors (Lipinski definition) is 1. The number of nitrogens with one attached hydrogen (secondary N) is 1. The summed E-state index contributed by atoms with van der Waals surface area (Å²) >= 11 is 0. The Morgan fingerprint density at radius 3 is 2.60 bits per heavy atom. The number of rotatable bonds is 8. The molecule has 2 heterocycles. The van der Waals surface area contributed by atoms with Crippen molar-refractivity contribution >= 4 is 5.96 Å². The lowest BCUT2D eigenvalue weighted by atomic mass is 9.98. The summed E-state index contributed by atoms with van der Waals surface area (Å²) in [5.74, 6) is 1.62. The zero-order chi connectivity index (χ0) is 18.1. The molecule has 0 aliphatic carbocycles. The van der Waals surface area contributed by atoms with Gasteiger partial charge in [0.1, 0.15) is 0 Å². The molecule has 2 saturated heterocycles. The van der Waals surface area contributed by atoms with Gasteiger partial charge in [0.25, 0.3) is 0 Å². The highest BCUT2D eigenvalue weighted by atomic mass is 16.5. The summed E-state index contributed by atoms with van der Waals surface area (Å²) in [6.45, 7) is 12.3. The Balaban J connectivity index is 1.74. The highest BCUT2D eigenvalue weighted by molar-refractivity contribution is 5.80. The quantitative estimate of drug-likeness (QED) is 0.409. The Bertz CT molecular complexity index is 408. The Hall–Kier alpha value is -0.850. The van der Waals surface area contributed by atoms with Gasteiger partial charge in [0.05, 0.1) is 19.8 Å². The number of aliphatic imine (C=N–C) groups is 1. The van der Waals surface area contributed by atoms with Gasteiger partial charge in [-0.25, -0.2) is 0 Å². The molecular formula is C19H38N4O2. The van der Waals surface area contributed by atoms with Crippen molar-refractivity contribution in [2.75, 3.05) is 66.7 Å². The average molecular weight is 355 g/mol. The van der Waals surface area contributed by atoms with Crippen molar-refractivity contribution in [2.45, 2.75) is 45.1 Å². The van der Waals surface area contributed by atoms with Crippen LogP contribution in [0.1, 0.15) is 39.5 Å². The summed E-state index contributed by atoms with van der Waals surface area (Å²) < 4.78 is 10.7. The van der Waals surface area contributed by atoms with Gasteiger partial charge in [0, 0.05) is 45.2 Å². The minimum Gasteiger partial charge on any atom is -0.382 e. The van der Waals surface area contributed by atoms with Crippen LogP contribution in [0.15, 0.2) is 4.99 Å². The van der Waals surface area contributed by atoms with Gasteiger partial charge in [-0.3, -0.25) is 9.89 Å². The Labute approximate surface area is 153 Å². The maximum Gasteiger partial charge on any atom is 0.193 e. The molecule has 2 aliphatic rings. The zero-order valence-corrected chi connectivity index (χ0v) is 16.7. The van der Waals surface area contributed by atoms with Crippen LogP contribution in [0.5, 0.6) is 0 Å². The standard InChI is InChI=1S/C19H38N4O2/c1-19(2,23-9-6-5-7-10-23)16-21-18(20-3)22-11-8-17(14-22)15-25-13-12-24-4/h17H,5-16H2,1-4H3,(H,20,21). The summed E-state index contributed by atoms with van der Waals surface area (Å²) in [5, 5.41) is 3.62. The van der Waals surface area contributed by atoms with E-state index < -0.39 is 0 Å². The Morgan fingerprint density at radius 1 is 1.16 bits per heavy atom. The van der Waals surface area contributed by atoms with Gasteiger partial charge in [-0.05, 0) is 46.2 Å². The van der Waals surface area contributed by atoms with Crippen LogP contribution in [0.3, 0.4) is 0 Å². The topological polar surface area (TPSA) is 49.3 Å². The fourth-order valence-electron chi connectivity index (χ4n) is 3.79. The van der Waals surface area contributed by atoms with E-state index in [2.05, 4.69) is 34.0 Å². The molecule has 6 nitrogen and oxygen atoms in total. The lowest BCUT2D eigenvalue weighted by molar-refractivity contribution is 0.0536. The van der Waals surface area contributed by atoms with Crippen molar-refractivity contribution in [3.05, 3.63) is 0 Å². The van der Waals surface area contributed by atoms with Crippen LogP contribution < -0.4 is 5.32 Å². The van der Waals surface area contributed by atoms with E-state index in [1.165, 1.54) is 38.8 Å². The molecule has 0 aromatic rings. The fourth-order valence-corrected chi connectivity index (χ4v) is 3.79. The molecule has 1 N–H and O–H groups in total. The molecule has 0 radical (unpaired) electrons. The van der Waals surface area contributed by atoms with Gasteiger partial charge in [-0.2, -0.15) is 0 Å². The van der Waals surface area contributed by atoms with Gasteiger partial charge in [0.2, 0.25) is 0 Å². The van der Waals surface area contributed by atoms with Gasteiger partial charge in [0.15, 0.2) is 5.96 Å². The molecule has 0 spiro atoms. The Morgan fingerprint density at radius 2 is 1.92 bits per heavy atom. The second-order valence-corrected chi connectivity index (χ2v) is 7.93. The molecule has 0 aromatic heterocycles. The normalized spacial score (nSPS) is 23.3. The molecule has 1 atom stereocenters. The number of ether oxygens (including phenoxy) is 2. The summed E-state index contributed by atoms with van der Waals surface area (Å²) in [7, 11) is 3.60. The fraction of sp³-hybridized carbons (Fsp3) is 0.947. The lowest BCUT2D eigenvalue weighted by Gasteiger charge is -2.41. The van der Waals surface area contributed by atoms with Crippen molar-refractivity contribution < 1.29 is 9.47 Å². The predicted octanol–water partition coefficient (Wildman–Crippen LogP) is 1.81. The SMILES string of the molecule is CN=C(NCC(C)(C)N1CCCCC1)N1CCC(COCCOC)C1. The van der Waals surface area contributed by atoms with Gasteiger partial charge in [-0.15, -0.1) is 0 Å². The van der Waals surface area contributed by atoms with Gasteiger partial charge < -0.3 is 19.7 Å². The minimum atomic E-state index is 0.165.